The molecular formula is C18H26N4O2S2. The zero-order valence-electron chi connectivity index (χ0n) is 15.3. The number of hydrogen-bond donors (Lipinski definition) is 3. The number of hydrogen-bond acceptors (Lipinski definition) is 4. The number of nitrogens with one attached hydrogen (secondary N) is 3. The lowest BCUT2D eigenvalue weighted by Crippen LogP contribution is -2.42. The van der Waals surface area contributed by atoms with Crippen molar-refractivity contribution in [3.8, 4) is 0 Å². The van der Waals surface area contributed by atoms with Crippen molar-refractivity contribution < 1.29 is 8.42 Å². The van der Waals surface area contributed by atoms with E-state index in [2.05, 4.69) is 44.1 Å². The van der Waals surface area contributed by atoms with Gasteiger partial charge in [-0.25, -0.2) is 13.1 Å². The SMILES string of the molecule is CN=C(NCCNS(=O)(=O)c1ccc(C)cc1)NCC(C)c1ccsc1. The Morgan fingerprint density at radius 2 is 1.88 bits per heavy atom. The first kappa shape index (κ1) is 20.4. The van der Waals surface area contributed by atoms with E-state index in [1.54, 1.807) is 42.6 Å². The molecule has 0 saturated carbocycles. The fourth-order valence-corrected chi connectivity index (χ4v) is 4.12. The van der Waals surface area contributed by atoms with Crippen LogP contribution in [0.2, 0.25) is 0 Å². The summed E-state index contributed by atoms with van der Waals surface area (Å²) in [5.41, 5.74) is 2.32. The lowest BCUT2D eigenvalue weighted by atomic mass is 10.1. The van der Waals surface area contributed by atoms with Gasteiger partial charge in [0.2, 0.25) is 10.0 Å². The maximum Gasteiger partial charge on any atom is 0.240 e. The highest BCUT2D eigenvalue weighted by atomic mass is 32.2. The molecular weight excluding hydrogens is 368 g/mol. The van der Waals surface area contributed by atoms with Gasteiger partial charge in [0.15, 0.2) is 5.96 Å². The number of aryl methyl sites for hydroxylation is 1. The number of sulfonamides is 1. The van der Waals surface area contributed by atoms with Gasteiger partial charge in [-0.1, -0.05) is 24.6 Å². The van der Waals surface area contributed by atoms with E-state index in [4.69, 9.17) is 0 Å². The van der Waals surface area contributed by atoms with Crippen LogP contribution in [-0.4, -0.2) is 41.1 Å². The van der Waals surface area contributed by atoms with Gasteiger partial charge in [-0.05, 0) is 47.4 Å². The smallest absolute Gasteiger partial charge is 0.240 e. The molecule has 1 unspecified atom stereocenters. The standard InChI is InChI=1S/C18H26N4O2S2/c1-14-4-6-17(7-5-14)26(23,24)22-10-9-20-18(19-3)21-12-15(2)16-8-11-25-13-16/h4-8,11,13,15,22H,9-10,12H2,1-3H3,(H2,19,20,21). The molecule has 1 aromatic carbocycles. The third-order valence-corrected chi connectivity index (χ3v) is 6.13. The van der Waals surface area contributed by atoms with Crippen LogP contribution < -0.4 is 15.4 Å². The summed E-state index contributed by atoms with van der Waals surface area (Å²) in [5.74, 6) is 1.03. The largest absolute Gasteiger partial charge is 0.356 e. The average molecular weight is 395 g/mol. The molecule has 2 aromatic rings. The third kappa shape index (κ3) is 6.12. The molecule has 0 amide bonds. The van der Waals surface area contributed by atoms with Crippen molar-refractivity contribution >= 4 is 27.3 Å². The minimum absolute atomic E-state index is 0.273. The normalized spacial score (nSPS) is 13.4. The Bertz CT molecular complexity index is 800. The summed E-state index contributed by atoms with van der Waals surface area (Å²) in [6.45, 7) is 5.55. The molecule has 0 saturated heterocycles. The average Bonchev–Trinajstić information content (AvgIpc) is 3.16. The van der Waals surface area contributed by atoms with Crippen molar-refractivity contribution in [2.75, 3.05) is 26.7 Å². The Kier molecular flexibility index (Phi) is 7.62. The van der Waals surface area contributed by atoms with Crippen LogP contribution in [0.3, 0.4) is 0 Å². The summed E-state index contributed by atoms with van der Waals surface area (Å²) in [4.78, 5) is 4.44. The van der Waals surface area contributed by atoms with E-state index < -0.39 is 10.0 Å². The first-order valence-corrected chi connectivity index (χ1v) is 10.9. The highest BCUT2D eigenvalue weighted by Gasteiger charge is 2.12. The number of rotatable bonds is 8. The van der Waals surface area contributed by atoms with Gasteiger partial charge in [-0.3, -0.25) is 4.99 Å². The van der Waals surface area contributed by atoms with Crippen LogP contribution in [0.4, 0.5) is 0 Å². The van der Waals surface area contributed by atoms with E-state index in [1.165, 1.54) is 5.56 Å². The summed E-state index contributed by atoms with van der Waals surface area (Å²) in [7, 11) is -1.79. The number of benzene rings is 1. The Balaban J connectivity index is 1.74. The summed E-state index contributed by atoms with van der Waals surface area (Å²) < 4.78 is 27.0. The highest BCUT2D eigenvalue weighted by molar-refractivity contribution is 7.89. The zero-order chi connectivity index (χ0) is 19.0. The molecule has 0 spiro atoms. The van der Waals surface area contributed by atoms with Crippen molar-refractivity contribution in [1.29, 1.82) is 0 Å². The Morgan fingerprint density at radius 1 is 1.15 bits per heavy atom. The van der Waals surface area contributed by atoms with E-state index in [1.807, 2.05) is 6.92 Å². The highest BCUT2D eigenvalue weighted by Crippen LogP contribution is 2.16. The molecule has 1 aromatic heterocycles. The van der Waals surface area contributed by atoms with Crippen molar-refractivity contribution in [3.63, 3.8) is 0 Å². The Hall–Kier alpha value is -1.90. The van der Waals surface area contributed by atoms with E-state index in [0.717, 1.165) is 12.1 Å². The van der Waals surface area contributed by atoms with Crippen molar-refractivity contribution in [3.05, 3.63) is 52.2 Å². The summed E-state index contributed by atoms with van der Waals surface area (Å²) >= 11 is 1.69. The predicted octanol–water partition coefficient (Wildman–Crippen LogP) is 2.30. The molecule has 6 nitrogen and oxygen atoms in total. The number of aliphatic imine (C=N–C) groups is 1. The van der Waals surface area contributed by atoms with E-state index in [-0.39, 0.29) is 11.4 Å². The Labute approximate surface area is 159 Å². The molecule has 142 valence electrons. The molecule has 26 heavy (non-hydrogen) atoms. The number of nitrogens with zero attached hydrogens (tertiary/aromatic N) is 1. The fraction of sp³-hybridized carbons (Fsp3) is 0.389. The molecule has 0 aliphatic carbocycles. The zero-order valence-corrected chi connectivity index (χ0v) is 17.0. The van der Waals surface area contributed by atoms with E-state index in [0.29, 0.717) is 18.4 Å². The molecule has 2 rings (SSSR count). The maximum absolute atomic E-state index is 12.2. The second-order valence-electron chi connectivity index (χ2n) is 6.05. The van der Waals surface area contributed by atoms with Crippen LogP contribution in [0.1, 0.15) is 24.0 Å². The fourth-order valence-electron chi connectivity index (χ4n) is 2.31. The van der Waals surface area contributed by atoms with Crippen LogP contribution in [-0.2, 0) is 10.0 Å². The van der Waals surface area contributed by atoms with E-state index in [9.17, 15) is 8.42 Å². The maximum atomic E-state index is 12.2. The molecule has 0 bridgehead atoms. The molecule has 1 heterocycles. The lowest BCUT2D eigenvalue weighted by Gasteiger charge is -2.15. The van der Waals surface area contributed by atoms with Crippen molar-refractivity contribution in [2.24, 2.45) is 4.99 Å². The minimum Gasteiger partial charge on any atom is -0.356 e. The first-order chi connectivity index (χ1) is 12.4. The van der Waals surface area contributed by atoms with Gasteiger partial charge in [0.05, 0.1) is 4.90 Å². The van der Waals surface area contributed by atoms with Crippen LogP contribution in [0, 0.1) is 6.92 Å². The van der Waals surface area contributed by atoms with Gasteiger partial charge in [0.1, 0.15) is 0 Å². The van der Waals surface area contributed by atoms with E-state index >= 15 is 0 Å². The first-order valence-electron chi connectivity index (χ1n) is 8.45. The van der Waals surface area contributed by atoms with Gasteiger partial charge < -0.3 is 10.6 Å². The van der Waals surface area contributed by atoms with Crippen molar-refractivity contribution in [1.82, 2.24) is 15.4 Å². The van der Waals surface area contributed by atoms with Gasteiger partial charge in [-0.2, -0.15) is 11.3 Å². The topological polar surface area (TPSA) is 82.6 Å². The number of guanidine groups is 1. The molecule has 0 radical (unpaired) electrons. The van der Waals surface area contributed by atoms with Crippen LogP contribution in [0.15, 0.2) is 51.0 Å². The molecule has 3 N–H and O–H groups in total. The summed E-state index contributed by atoms with van der Waals surface area (Å²) in [5, 5.41) is 10.6. The van der Waals surface area contributed by atoms with Crippen LogP contribution in [0.25, 0.3) is 0 Å². The van der Waals surface area contributed by atoms with Gasteiger partial charge in [0.25, 0.3) is 0 Å². The molecule has 0 aliphatic heterocycles. The van der Waals surface area contributed by atoms with Gasteiger partial charge >= 0.3 is 0 Å². The molecule has 1 atom stereocenters. The summed E-state index contributed by atoms with van der Waals surface area (Å²) in [6, 6.07) is 8.91. The Morgan fingerprint density at radius 3 is 2.50 bits per heavy atom. The third-order valence-electron chi connectivity index (χ3n) is 3.95. The monoisotopic (exact) mass is 394 g/mol. The van der Waals surface area contributed by atoms with Crippen LogP contribution in [0.5, 0.6) is 0 Å². The molecule has 0 fully saturated rings. The summed E-state index contributed by atoms with van der Waals surface area (Å²) in [6.07, 6.45) is 0. The lowest BCUT2D eigenvalue weighted by molar-refractivity contribution is 0.580. The number of thiophene rings is 1. The predicted molar refractivity (Wildman–Crippen MR) is 108 cm³/mol. The van der Waals surface area contributed by atoms with Crippen LogP contribution >= 0.6 is 11.3 Å². The minimum atomic E-state index is -3.49. The second kappa shape index (κ2) is 9.70. The molecule has 8 heteroatoms. The van der Waals surface area contributed by atoms with Gasteiger partial charge in [-0.15, -0.1) is 0 Å². The van der Waals surface area contributed by atoms with Gasteiger partial charge in [0, 0.05) is 26.7 Å². The quantitative estimate of drug-likeness (QED) is 0.364. The molecule has 0 aliphatic rings. The second-order valence-corrected chi connectivity index (χ2v) is 8.60. The van der Waals surface area contributed by atoms with Crippen molar-refractivity contribution in [2.45, 2.75) is 24.7 Å².